The number of methoxy groups -OCH3 is 1. The quantitative estimate of drug-likeness (QED) is 0.780. The van der Waals surface area contributed by atoms with Crippen LogP contribution in [0.4, 0.5) is 4.39 Å². The van der Waals surface area contributed by atoms with Crippen LogP contribution in [0.5, 0.6) is 5.75 Å². The van der Waals surface area contributed by atoms with Crippen molar-refractivity contribution in [2.24, 2.45) is 5.92 Å². The van der Waals surface area contributed by atoms with Crippen molar-refractivity contribution >= 4 is 5.91 Å². The average molecular weight is 352 g/mol. The van der Waals surface area contributed by atoms with Crippen LogP contribution in [0.25, 0.3) is 0 Å². The fourth-order valence-electron chi connectivity index (χ4n) is 3.13. The summed E-state index contributed by atoms with van der Waals surface area (Å²) in [5.41, 5.74) is 0.794. The second-order valence-electron chi connectivity index (χ2n) is 6.73. The lowest BCUT2D eigenvalue weighted by molar-refractivity contribution is -0.121. The van der Waals surface area contributed by atoms with Crippen LogP contribution in [0.1, 0.15) is 25.8 Å². The molecule has 0 radical (unpaired) electrons. The SMILES string of the molecule is COc1ccc(CCC(=O)NCC(C(C)C)N2CCOCC2)cc1F. The molecule has 0 aromatic heterocycles. The number of carbonyl (C=O) groups is 1. The molecule has 25 heavy (non-hydrogen) atoms. The smallest absolute Gasteiger partial charge is 0.220 e. The summed E-state index contributed by atoms with van der Waals surface area (Å²) in [5, 5.41) is 3.03. The lowest BCUT2D eigenvalue weighted by Gasteiger charge is -2.36. The molecule has 6 heteroatoms. The molecule has 1 atom stereocenters. The molecule has 1 saturated heterocycles. The van der Waals surface area contributed by atoms with Gasteiger partial charge in [-0.2, -0.15) is 0 Å². The molecule has 0 bridgehead atoms. The second-order valence-corrected chi connectivity index (χ2v) is 6.73. The lowest BCUT2D eigenvalue weighted by Crippen LogP contribution is -2.51. The Labute approximate surface area is 149 Å². The summed E-state index contributed by atoms with van der Waals surface area (Å²) in [6.07, 6.45) is 0.857. The van der Waals surface area contributed by atoms with Crippen LogP contribution < -0.4 is 10.1 Å². The van der Waals surface area contributed by atoms with Crippen LogP contribution >= 0.6 is 0 Å². The number of morpholine rings is 1. The maximum absolute atomic E-state index is 13.7. The van der Waals surface area contributed by atoms with E-state index in [0.717, 1.165) is 31.9 Å². The number of rotatable bonds is 8. The number of nitrogens with one attached hydrogen (secondary N) is 1. The topological polar surface area (TPSA) is 50.8 Å². The maximum Gasteiger partial charge on any atom is 0.220 e. The van der Waals surface area contributed by atoms with Gasteiger partial charge in [-0.05, 0) is 30.0 Å². The van der Waals surface area contributed by atoms with Gasteiger partial charge in [-0.25, -0.2) is 4.39 Å². The fourth-order valence-corrected chi connectivity index (χ4v) is 3.13. The summed E-state index contributed by atoms with van der Waals surface area (Å²) in [6.45, 7) is 8.29. The lowest BCUT2D eigenvalue weighted by atomic mass is 10.0. The van der Waals surface area contributed by atoms with Gasteiger partial charge in [0.25, 0.3) is 0 Å². The van der Waals surface area contributed by atoms with Crippen molar-refractivity contribution in [3.8, 4) is 5.75 Å². The highest BCUT2D eigenvalue weighted by molar-refractivity contribution is 5.76. The molecular weight excluding hydrogens is 323 g/mol. The first-order valence-electron chi connectivity index (χ1n) is 8.92. The molecule has 1 aliphatic heterocycles. The number of nitrogens with zero attached hydrogens (tertiary/aromatic N) is 1. The molecule has 1 unspecified atom stereocenters. The van der Waals surface area contributed by atoms with Crippen molar-refractivity contribution in [2.45, 2.75) is 32.7 Å². The molecule has 1 N–H and O–H groups in total. The molecule has 1 aromatic rings. The Bertz CT molecular complexity index is 560. The Hall–Kier alpha value is -1.66. The minimum atomic E-state index is -0.396. The summed E-state index contributed by atoms with van der Waals surface area (Å²) in [4.78, 5) is 14.5. The number of carbonyl (C=O) groups excluding carboxylic acids is 1. The Morgan fingerprint density at radius 2 is 2.08 bits per heavy atom. The zero-order valence-corrected chi connectivity index (χ0v) is 15.4. The van der Waals surface area contributed by atoms with E-state index in [2.05, 4.69) is 24.1 Å². The van der Waals surface area contributed by atoms with Crippen LogP contribution in [-0.2, 0) is 16.0 Å². The summed E-state index contributed by atoms with van der Waals surface area (Å²) < 4.78 is 24.0. The average Bonchev–Trinajstić information content (AvgIpc) is 2.61. The number of hydrogen-bond donors (Lipinski definition) is 1. The number of ether oxygens (including phenoxy) is 2. The van der Waals surface area contributed by atoms with E-state index < -0.39 is 5.82 Å². The van der Waals surface area contributed by atoms with Crippen molar-refractivity contribution in [2.75, 3.05) is 40.0 Å². The molecular formula is C19H29FN2O3. The first-order chi connectivity index (χ1) is 12.0. The first kappa shape index (κ1) is 19.7. The third-order valence-electron chi connectivity index (χ3n) is 4.65. The molecule has 1 fully saturated rings. The van der Waals surface area contributed by atoms with Crippen molar-refractivity contribution in [3.05, 3.63) is 29.6 Å². The predicted octanol–water partition coefficient (Wildman–Crippen LogP) is 2.24. The largest absolute Gasteiger partial charge is 0.494 e. The number of benzene rings is 1. The van der Waals surface area contributed by atoms with Gasteiger partial charge < -0.3 is 14.8 Å². The summed E-state index contributed by atoms with van der Waals surface area (Å²) >= 11 is 0. The molecule has 1 heterocycles. The van der Waals surface area contributed by atoms with Crippen molar-refractivity contribution in [1.82, 2.24) is 10.2 Å². The second kappa shape index (κ2) is 9.73. The summed E-state index contributed by atoms with van der Waals surface area (Å²) in [6, 6.07) is 5.12. The van der Waals surface area contributed by atoms with E-state index in [-0.39, 0.29) is 11.7 Å². The van der Waals surface area contributed by atoms with Crippen LogP contribution in [0.3, 0.4) is 0 Å². The standard InChI is InChI=1S/C19H29FN2O3/c1-14(2)17(22-8-10-25-11-9-22)13-21-19(23)7-5-15-4-6-18(24-3)16(20)12-15/h4,6,12,14,17H,5,7-11,13H2,1-3H3,(H,21,23). The Morgan fingerprint density at radius 1 is 1.36 bits per heavy atom. The van der Waals surface area contributed by atoms with Gasteiger partial charge in [0.05, 0.1) is 20.3 Å². The van der Waals surface area contributed by atoms with Crippen molar-refractivity contribution < 1.29 is 18.7 Å². The Kier molecular flexibility index (Phi) is 7.65. The normalized spacial score (nSPS) is 16.7. The molecule has 0 aliphatic carbocycles. The monoisotopic (exact) mass is 352 g/mol. The molecule has 0 spiro atoms. The van der Waals surface area contributed by atoms with Crippen molar-refractivity contribution in [1.29, 1.82) is 0 Å². The van der Waals surface area contributed by atoms with Gasteiger partial charge in [0, 0.05) is 32.1 Å². The fraction of sp³-hybridized carbons (Fsp3) is 0.632. The minimum absolute atomic E-state index is 0.00450. The molecule has 140 valence electrons. The summed E-state index contributed by atoms with van der Waals surface area (Å²) in [5.74, 6) is 0.273. The highest BCUT2D eigenvalue weighted by atomic mass is 19.1. The van der Waals surface area contributed by atoms with E-state index in [1.807, 2.05) is 0 Å². The van der Waals surface area contributed by atoms with Gasteiger partial charge in [0.1, 0.15) is 0 Å². The van der Waals surface area contributed by atoms with E-state index in [0.29, 0.717) is 31.3 Å². The van der Waals surface area contributed by atoms with Crippen LogP contribution in [0.2, 0.25) is 0 Å². The zero-order chi connectivity index (χ0) is 18.2. The van der Waals surface area contributed by atoms with E-state index >= 15 is 0 Å². The maximum atomic E-state index is 13.7. The Balaban J connectivity index is 1.79. The van der Waals surface area contributed by atoms with E-state index in [1.165, 1.54) is 13.2 Å². The van der Waals surface area contributed by atoms with Gasteiger partial charge in [0.15, 0.2) is 11.6 Å². The highest BCUT2D eigenvalue weighted by Gasteiger charge is 2.24. The van der Waals surface area contributed by atoms with Gasteiger partial charge in [-0.1, -0.05) is 19.9 Å². The highest BCUT2D eigenvalue weighted by Crippen LogP contribution is 2.18. The molecule has 1 aromatic carbocycles. The number of halogens is 1. The third-order valence-corrected chi connectivity index (χ3v) is 4.65. The summed E-state index contributed by atoms with van der Waals surface area (Å²) in [7, 11) is 1.44. The van der Waals surface area contributed by atoms with Gasteiger partial charge >= 0.3 is 0 Å². The third kappa shape index (κ3) is 5.97. The number of amides is 1. The minimum Gasteiger partial charge on any atom is -0.494 e. The van der Waals surface area contributed by atoms with Gasteiger partial charge in [-0.3, -0.25) is 9.69 Å². The predicted molar refractivity (Wildman–Crippen MR) is 95.3 cm³/mol. The van der Waals surface area contributed by atoms with E-state index in [1.54, 1.807) is 12.1 Å². The molecule has 1 aliphatic rings. The zero-order valence-electron chi connectivity index (χ0n) is 15.4. The van der Waals surface area contributed by atoms with Crippen LogP contribution in [0, 0.1) is 11.7 Å². The van der Waals surface area contributed by atoms with Crippen molar-refractivity contribution in [3.63, 3.8) is 0 Å². The first-order valence-corrected chi connectivity index (χ1v) is 8.92. The molecule has 0 saturated carbocycles. The molecule has 2 rings (SSSR count). The van der Waals surface area contributed by atoms with Gasteiger partial charge in [-0.15, -0.1) is 0 Å². The van der Waals surface area contributed by atoms with E-state index in [9.17, 15) is 9.18 Å². The molecule has 5 nitrogen and oxygen atoms in total. The number of aryl methyl sites for hydroxylation is 1. The van der Waals surface area contributed by atoms with Crippen LogP contribution in [-0.4, -0.2) is 56.8 Å². The van der Waals surface area contributed by atoms with Gasteiger partial charge in [0.2, 0.25) is 5.91 Å². The molecule has 1 amide bonds. The van der Waals surface area contributed by atoms with Crippen LogP contribution in [0.15, 0.2) is 18.2 Å². The Morgan fingerprint density at radius 3 is 2.68 bits per heavy atom. The van der Waals surface area contributed by atoms with E-state index in [4.69, 9.17) is 9.47 Å². The number of hydrogen-bond acceptors (Lipinski definition) is 4.